The molecule has 0 aliphatic carbocycles. The average Bonchev–Trinajstić information content (AvgIpc) is 2.98. The average molecular weight is 247 g/mol. The van der Waals surface area contributed by atoms with Crippen LogP contribution < -0.4 is 0 Å². The van der Waals surface area contributed by atoms with Crippen LogP contribution in [0.4, 0.5) is 0 Å². The van der Waals surface area contributed by atoms with Crippen LogP contribution in [0.5, 0.6) is 0 Å². The number of nitriles is 1. The summed E-state index contributed by atoms with van der Waals surface area (Å²) in [5, 5.41) is 8.90. The highest BCUT2D eigenvalue weighted by Crippen LogP contribution is 2.19. The van der Waals surface area contributed by atoms with Crippen molar-refractivity contribution in [1.29, 1.82) is 5.26 Å². The molecule has 0 bridgehead atoms. The maximum atomic E-state index is 8.90. The first kappa shape index (κ1) is 11.1. The van der Waals surface area contributed by atoms with Crippen molar-refractivity contribution in [3.8, 4) is 23.0 Å². The number of hydrogen-bond donors (Lipinski definition) is 0. The van der Waals surface area contributed by atoms with Crippen molar-refractivity contribution < 1.29 is 0 Å². The summed E-state index contributed by atoms with van der Waals surface area (Å²) in [6, 6.07) is 9.48. The topological polar surface area (TPSA) is 67.4 Å². The number of rotatable bonds is 2. The molecule has 2 heterocycles. The summed E-state index contributed by atoms with van der Waals surface area (Å²) in [5.41, 5.74) is 3.18. The molecular weight excluding hydrogens is 238 g/mol. The molecule has 0 fully saturated rings. The van der Waals surface area contributed by atoms with E-state index >= 15 is 0 Å². The summed E-state index contributed by atoms with van der Waals surface area (Å²) in [6.45, 7) is 0. The molecule has 0 aliphatic rings. The molecule has 0 atom stereocenters. The molecule has 0 spiro atoms. The SMILES string of the molecule is N#Cc1cccc(-c2cn(-c3cncnc3)cn2)c1. The van der Waals surface area contributed by atoms with Gasteiger partial charge in [0.05, 0.1) is 35.4 Å². The summed E-state index contributed by atoms with van der Waals surface area (Å²) >= 11 is 0. The Kier molecular flexibility index (Phi) is 2.75. The standard InChI is InChI=1S/C14H9N5/c15-5-11-2-1-3-12(4-11)14-8-19(10-18-14)13-6-16-9-17-7-13/h1-4,6-10H. The Morgan fingerprint density at radius 3 is 2.79 bits per heavy atom. The van der Waals surface area contributed by atoms with Crippen molar-refractivity contribution in [2.75, 3.05) is 0 Å². The van der Waals surface area contributed by atoms with E-state index in [0.29, 0.717) is 5.56 Å². The lowest BCUT2D eigenvalue weighted by molar-refractivity contribution is 1.01. The van der Waals surface area contributed by atoms with Crippen LogP contribution >= 0.6 is 0 Å². The van der Waals surface area contributed by atoms with Crippen LogP contribution in [0.1, 0.15) is 5.56 Å². The van der Waals surface area contributed by atoms with Crippen LogP contribution in [-0.2, 0) is 0 Å². The fraction of sp³-hybridized carbons (Fsp3) is 0. The van der Waals surface area contributed by atoms with E-state index in [1.54, 1.807) is 24.8 Å². The van der Waals surface area contributed by atoms with Crippen LogP contribution in [0, 0.1) is 11.3 Å². The Morgan fingerprint density at radius 1 is 1.16 bits per heavy atom. The van der Waals surface area contributed by atoms with Crippen molar-refractivity contribution in [3.63, 3.8) is 0 Å². The Balaban J connectivity index is 2.00. The van der Waals surface area contributed by atoms with Crippen LogP contribution in [0.3, 0.4) is 0 Å². The molecule has 0 saturated heterocycles. The number of aromatic nitrogens is 4. The lowest BCUT2D eigenvalue weighted by Crippen LogP contribution is -1.91. The third-order valence-electron chi connectivity index (χ3n) is 2.72. The van der Waals surface area contributed by atoms with E-state index in [0.717, 1.165) is 16.9 Å². The Labute approximate surface area is 109 Å². The van der Waals surface area contributed by atoms with E-state index in [1.165, 1.54) is 6.33 Å². The minimum atomic E-state index is 0.620. The monoisotopic (exact) mass is 247 g/mol. The highest BCUT2D eigenvalue weighted by Gasteiger charge is 2.04. The molecule has 0 unspecified atom stereocenters. The van der Waals surface area contributed by atoms with Gasteiger partial charge in [-0.2, -0.15) is 5.26 Å². The first-order valence-electron chi connectivity index (χ1n) is 5.67. The van der Waals surface area contributed by atoms with Gasteiger partial charge in [0.1, 0.15) is 12.7 Å². The molecule has 0 N–H and O–H groups in total. The molecule has 0 radical (unpaired) electrons. The molecular formula is C14H9N5. The Bertz CT molecular complexity index is 740. The summed E-state index contributed by atoms with van der Waals surface area (Å²) in [4.78, 5) is 12.3. The van der Waals surface area contributed by atoms with Crippen LogP contribution in [0.25, 0.3) is 16.9 Å². The minimum Gasteiger partial charge on any atom is -0.303 e. The maximum Gasteiger partial charge on any atom is 0.115 e. The van der Waals surface area contributed by atoms with E-state index in [4.69, 9.17) is 5.26 Å². The molecule has 90 valence electrons. The number of nitrogens with zero attached hydrogens (tertiary/aromatic N) is 5. The fourth-order valence-corrected chi connectivity index (χ4v) is 1.79. The van der Waals surface area contributed by atoms with E-state index < -0.39 is 0 Å². The second-order valence-electron chi connectivity index (χ2n) is 3.96. The molecule has 0 aliphatic heterocycles. The maximum absolute atomic E-state index is 8.90. The highest BCUT2D eigenvalue weighted by atomic mass is 15.1. The Hall–Kier alpha value is -3.00. The zero-order chi connectivity index (χ0) is 13.1. The molecule has 19 heavy (non-hydrogen) atoms. The van der Waals surface area contributed by atoms with Crippen molar-refractivity contribution in [2.45, 2.75) is 0 Å². The first-order chi connectivity index (χ1) is 9.36. The second kappa shape index (κ2) is 4.70. The van der Waals surface area contributed by atoms with Gasteiger partial charge in [-0.3, -0.25) is 0 Å². The van der Waals surface area contributed by atoms with Gasteiger partial charge in [0.15, 0.2) is 0 Å². The summed E-state index contributed by atoms with van der Waals surface area (Å²) in [5.74, 6) is 0. The number of benzene rings is 1. The predicted molar refractivity (Wildman–Crippen MR) is 69.3 cm³/mol. The van der Waals surface area contributed by atoms with Gasteiger partial charge in [-0.15, -0.1) is 0 Å². The van der Waals surface area contributed by atoms with Crippen molar-refractivity contribution in [2.24, 2.45) is 0 Å². The lowest BCUT2D eigenvalue weighted by atomic mass is 10.1. The van der Waals surface area contributed by atoms with Gasteiger partial charge < -0.3 is 4.57 Å². The normalized spacial score (nSPS) is 10.1. The second-order valence-corrected chi connectivity index (χ2v) is 3.96. The van der Waals surface area contributed by atoms with Crippen molar-refractivity contribution in [3.05, 3.63) is 61.1 Å². The third-order valence-corrected chi connectivity index (χ3v) is 2.72. The zero-order valence-corrected chi connectivity index (χ0v) is 9.93. The van der Waals surface area contributed by atoms with Crippen LogP contribution in [0.15, 0.2) is 55.5 Å². The first-order valence-corrected chi connectivity index (χ1v) is 5.67. The Morgan fingerprint density at radius 2 is 2.00 bits per heavy atom. The summed E-state index contributed by atoms with van der Waals surface area (Å²) < 4.78 is 1.84. The molecule has 0 amide bonds. The van der Waals surface area contributed by atoms with E-state index in [2.05, 4.69) is 21.0 Å². The van der Waals surface area contributed by atoms with Gasteiger partial charge >= 0.3 is 0 Å². The van der Waals surface area contributed by atoms with Gasteiger partial charge in [0.25, 0.3) is 0 Å². The summed E-state index contributed by atoms with van der Waals surface area (Å²) in [6.07, 6.45) is 8.49. The van der Waals surface area contributed by atoms with Crippen molar-refractivity contribution in [1.82, 2.24) is 19.5 Å². The van der Waals surface area contributed by atoms with Gasteiger partial charge in [0.2, 0.25) is 0 Å². The van der Waals surface area contributed by atoms with Gasteiger partial charge in [-0.1, -0.05) is 12.1 Å². The minimum absolute atomic E-state index is 0.620. The molecule has 5 heteroatoms. The van der Waals surface area contributed by atoms with Crippen LogP contribution in [0.2, 0.25) is 0 Å². The molecule has 1 aromatic carbocycles. The van der Waals surface area contributed by atoms with Gasteiger partial charge in [-0.25, -0.2) is 15.0 Å². The fourth-order valence-electron chi connectivity index (χ4n) is 1.79. The number of hydrogen-bond acceptors (Lipinski definition) is 4. The highest BCUT2D eigenvalue weighted by molar-refractivity contribution is 5.61. The zero-order valence-electron chi connectivity index (χ0n) is 9.93. The predicted octanol–water partition coefficient (Wildman–Crippen LogP) is 2.20. The largest absolute Gasteiger partial charge is 0.303 e. The van der Waals surface area contributed by atoms with Gasteiger partial charge in [0, 0.05) is 11.8 Å². The molecule has 0 saturated carbocycles. The molecule has 3 aromatic rings. The van der Waals surface area contributed by atoms with Crippen LogP contribution in [-0.4, -0.2) is 19.5 Å². The quantitative estimate of drug-likeness (QED) is 0.696. The molecule has 2 aromatic heterocycles. The van der Waals surface area contributed by atoms with Gasteiger partial charge in [-0.05, 0) is 12.1 Å². The van der Waals surface area contributed by atoms with E-state index in [9.17, 15) is 0 Å². The lowest BCUT2D eigenvalue weighted by Gasteiger charge is -1.99. The van der Waals surface area contributed by atoms with E-state index in [-0.39, 0.29) is 0 Å². The third kappa shape index (κ3) is 2.19. The number of imidazole rings is 1. The summed E-state index contributed by atoms with van der Waals surface area (Å²) in [7, 11) is 0. The van der Waals surface area contributed by atoms with Crippen molar-refractivity contribution >= 4 is 0 Å². The van der Waals surface area contributed by atoms with E-state index in [1.807, 2.05) is 29.0 Å². The molecule has 5 nitrogen and oxygen atoms in total. The smallest absolute Gasteiger partial charge is 0.115 e. The molecule has 3 rings (SSSR count).